The van der Waals surface area contributed by atoms with Gasteiger partial charge in [-0.1, -0.05) is 45.8 Å². The number of hydrogen-bond donors (Lipinski definition) is 0. The monoisotopic (exact) mass is 334 g/mol. The molecule has 4 atom stereocenters. The Bertz CT molecular complexity index is 476. The lowest BCUT2D eigenvalue weighted by atomic mass is 9.48. The van der Waals surface area contributed by atoms with Crippen LogP contribution in [0.1, 0.15) is 86.5 Å². The van der Waals surface area contributed by atoms with Crippen molar-refractivity contribution in [2.75, 3.05) is 6.61 Å². The van der Waals surface area contributed by atoms with E-state index in [9.17, 15) is 4.79 Å². The maximum atomic E-state index is 11.7. The number of carbonyl (C=O) groups excluding carboxylic acids is 1. The molecule has 1 saturated carbocycles. The van der Waals surface area contributed by atoms with Gasteiger partial charge in [0.1, 0.15) is 0 Å². The van der Waals surface area contributed by atoms with Crippen LogP contribution in [0.5, 0.6) is 0 Å². The molecule has 0 aromatic carbocycles. The predicted molar refractivity (Wildman–Crippen MR) is 101 cm³/mol. The maximum Gasteiger partial charge on any atom is 0.306 e. The highest BCUT2D eigenvalue weighted by molar-refractivity contribution is 5.69. The second-order valence-corrected chi connectivity index (χ2v) is 9.33. The van der Waals surface area contributed by atoms with Crippen LogP contribution in [0.2, 0.25) is 0 Å². The Hall–Kier alpha value is -0.790. The van der Waals surface area contributed by atoms with Crippen molar-refractivity contribution in [2.24, 2.45) is 28.6 Å². The van der Waals surface area contributed by atoms with Gasteiger partial charge >= 0.3 is 5.97 Å². The van der Waals surface area contributed by atoms with Crippen LogP contribution in [0.15, 0.2) is 11.6 Å². The molecule has 0 N–H and O–H groups in total. The Balaban J connectivity index is 2.04. The molecular weight excluding hydrogens is 296 g/mol. The molecule has 2 nitrogen and oxygen atoms in total. The molecule has 138 valence electrons. The molecule has 0 aliphatic heterocycles. The molecule has 0 bridgehead atoms. The van der Waals surface area contributed by atoms with Gasteiger partial charge in [-0.3, -0.25) is 4.79 Å². The van der Waals surface area contributed by atoms with Crippen molar-refractivity contribution in [3.63, 3.8) is 0 Å². The molecule has 2 aliphatic rings. The third-order valence-electron chi connectivity index (χ3n) is 7.07. The number of rotatable bonds is 6. The summed E-state index contributed by atoms with van der Waals surface area (Å²) in [7, 11) is 0. The predicted octanol–water partition coefficient (Wildman–Crippen LogP) is 6.15. The van der Waals surface area contributed by atoms with Gasteiger partial charge in [0.25, 0.3) is 0 Å². The molecule has 0 spiro atoms. The second kappa shape index (κ2) is 7.62. The minimum Gasteiger partial charge on any atom is -0.466 e. The maximum absolute atomic E-state index is 11.7. The summed E-state index contributed by atoms with van der Waals surface area (Å²) in [5, 5.41) is 0. The SMILES string of the molecule is CCOC(=O)C[C@@H](C)CC[C@H]1C(C)=CC[C@H]2C(C)(C)CCC[C@@]12C. The number of ether oxygens (including phenoxy) is 1. The van der Waals surface area contributed by atoms with E-state index in [0.717, 1.165) is 12.3 Å². The van der Waals surface area contributed by atoms with Crippen LogP contribution in [0.3, 0.4) is 0 Å². The quantitative estimate of drug-likeness (QED) is 0.430. The van der Waals surface area contributed by atoms with E-state index in [1.54, 1.807) is 5.57 Å². The molecule has 0 radical (unpaired) electrons. The van der Waals surface area contributed by atoms with Gasteiger partial charge in [0.15, 0.2) is 0 Å². The Labute approximate surface area is 149 Å². The lowest BCUT2D eigenvalue weighted by Crippen LogP contribution is -2.48. The zero-order valence-electron chi connectivity index (χ0n) is 16.8. The number of allylic oxidation sites excluding steroid dienone is 2. The van der Waals surface area contributed by atoms with Gasteiger partial charge in [-0.2, -0.15) is 0 Å². The molecule has 0 heterocycles. The van der Waals surface area contributed by atoms with Gasteiger partial charge in [-0.05, 0) is 74.5 Å². The molecule has 0 saturated heterocycles. The molecule has 0 aromatic heterocycles. The van der Waals surface area contributed by atoms with E-state index >= 15 is 0 Å². The van der Waals surface area contributed by atoms with Gasteiger partial charge in [-0.25, -0.2) is 0 Å². The van der Waals surface area contributed by atoms with E-state index < -0.39 is 0 Å². The van der Waals surface area contributed by atoms with Crippen molar-refractivity contribution in [1.29, 1.82) is 0 Å². The zero-order valence-corrected chi connectivity index (χ0v) is 16.8. The Morgan fingerprint density at radius 2 is 2.04 bits per heavy atom. The van der Waals surface area contributed by atoms with Gasteiger partial charge in [0.2, 0.25) is 0 Å². The van der Waals surface area contributed by atoms with Gasteiger partial charge in [0.05, 0.1) is 6.61 Å². The molecule has 2 rings (SSSR count). The standard InChI is InChI=1S/C22H38O2/c1-7-24-20(23)15-16(2)9-11-18-17(3)10-12-19-21(4,5)13-8-14-22(18,19)6/h10,16,18-19H,7-9,11-15H2,1-6H3/t16-,18-,19-,22-/m0/s1. The van der Waals surface area contributed by atoms with Crippen molar-refractivity contribution in [3.05, 3.63) is 11.6 Å². The summed E-state index contributed by atoms with van der Waals surface area (Å²) in [5.74, 6) is 1.86. The number of hydrogen-bond acceptors (Lipinski definition) is 2. The minimum atomic E-state index is -0.0382. The summed E-state index contributed by atoms with van der Waals surface area (Å²) >= 11 is 0. The van der Waals surface area contributed by atoms with Crippen LogP contribution in [-0.4, -0.2) is 12.6 Å². The van der Waals surface area contributed by atoms with E-state index in [2.05, 4.69) is 40.7 Å². The third kappa shape index (κ3) is 4.06. The van der Waals surface area contributed by atoms with Crippen LogP contribution < -0.4 is 0 Å². The smallest absolute Gasteiger partial charge is 0.306 e. The third-order valence-corrected chi connectivity index (χ3v) is 7.07. The first-order valence-corrected chi connectivity index (χ1v) is 10.0. The largest absolute Gasteiger partial charge is 0.466 e. The molecule has 0 aromatic rings. The van der Waals surface area contributed by atoms with E-state index in [1.165, 1.54) is 32.1 Å². The minimum absolute atomic E-state index is 0.0382. The van der Waals surface area contributed by atoms with Crippen molar-refractivity contribution in [3.8, 4) is 0 Å². The fourth-order valence-electron chi connectivity index (χ4n) is 5.75. The van der Waals surface area contributed by atoms with Gasteiger partial charge in [-0.15, -0.1) is 0 Å². The first-order chi connectivity index (χ1) is 11.2. The van der Waals surface area contributed by atoms with Gasteiger partial charge in [0, 0.05) is 6.42 Å². The molecule has 2 heteroatoms. The number of fused-ring (bicyclic) bond motifs is 1. The highest BCUT2D eigenvalue weighted by atomic mass is 16.5. The summed E-state index contributed by atoms with van der Waals surface area (Å²) < 4.78 is 5.11. The summed E-state index contributed by atoms with van der Waals surface area (Å²) in [6.45, 7) is 14.4. The van der Waals surface area contributed by atoms with Crippen molar-refractivity contribution in [1.82, 2.24) is 0 Å². The van der Waals surface area contributed by atoms with Crippen LogP contribution in [-0.2, 0) is 9.53 Å². The van der Waals surface area contributed by atoms with Crippen molar-refractivity contribution in [2.45, 2.75) is 86.5 Å². The normalized spacial score (nSPS) is 33.3. The first kappa shape index (κ1) is 19.5. The average Bonchev–Trinajstić information content (AvgIpc) is 2.45. The van der Waals surface area contributed by atoms with Crippen LogP contribution in [0.4, 0.5) is 0 Å². The summed E-state index contributed by atoms with van der Waals surface area (Å²) in [4.78, 5) is 11.7. The second-order valence-electron chi connectivity index (χ2n) is 9.33. The van der Waals surface area contributed by atoms with Crippen molar-refractivity contribution >= 4 is 5.97 Å². The average molecular weight is 335 g/mol. The molecule has 24 heavy (non-hydrogen) atoms. The molecular formula is C22H38O2. The fraction of sp³-hybridized carbons (Fsp3) is 0.864. The van der Waals surface area contributed by atoms with E-state index in [-0.39, 0.29) is 5.97 Å². The highest BCUT2D eigenvalue weighted by Gasteiger charge is 2.51. The first-order valence-electron chi connectivity index (χ1n) is 10.0. The summed E-state index contributed by atoms with van der Waals surface area (Å²) in [6, 6.07) is 0. The lowest BCUT2D eigenvalue weighted by Gasteiger charge is -2.57. The fourth-order valence-corrected chi connectivity index (χ4v) is 5.75. The Kier molecular flexibility index (Phi) is 6.20. The Morgan fingerprint density at radius 1 is 1.33 bits per heavy atom. The summed E-state index contributed by atoms with van der Waals surface area (Å²) in [6.07, 6.45) is 10.8. The number of esters is 1. The molecule has 2 aliphatic carbocycles. The molecule has 0 unspecified atom stereocenters. The highest BCUT2D eigenvalue weighted by Crippen LogP contribution is 2.60. The Morgan fingerprint density at radius 3 is 2.71 bits per heavy atom. The van der Waals surface area contributed by atoms with E-state index in [4.69, 9.17) is 4.74 Å². The number of carbonyl (C=O) groups is 1. The zero-order chi connectivity index (χ0) is 18.0. The van der Waals surface area contributed by atoms with Crippen LogP contribution in [0.25, 0.3) is 0 Å². The summed E-state index contributed by atoms with van der Waals surface area (Å²) in [5.41, 5.74) is 2.48. The van der Waals surface area contributed by atoms with Crippen LogP contribution >= 0.6 is 0 Å². The molecule has 1 fully saturated rings. The van der Waals surface area contributed by atoms with E-state index in [1.807, 2.05) is 6.92 Å². The van der Waals surface area contributed by atoms with Gasteiger partial charge < -0.3 is 4.74 Å². The van der Waals surface area contributed by atoms with Crippen molar-refractivity contribution < 1.29 is 9.53 Å². The van der Waals surface area contributed by atoms with Crippen LogP contribution in [0, 0.1) is 28.6 Å². The topological polar surface area (TPSA) is 26.3 Å². The lowest BCUT2D eigenvalue weighted by molar-refractivity contribution is -0.144. The molecule has 0 amide bonds. The van der Waals surface area contributed by atoms with E-state index in [0.29, 0.717) is 35.7 Å².